The molecule has 2 heteroatoms. The van der Waals surface area contributed by atoms with E-state index in [-0.39, 0.29) is 10.6 Å². The van der Waals surface area contributed by atoms with Gasteiger partial charge in [0.25, 0.3) is 0 Å². The molecule has 0 saturated carbocycles. The number of rotatable bonds is 8. The Morgan fingerprint density at radius 3 is 1.86 bits per heavy atom. The summed E-state index contributed by atoms with van der Waals surface area (Å²) in [5, 5.41) is 3.20. The zero-order valence-electron chi connectivity index (χ0n) is 18.3. The van der Waals surface area contributed by atoms with Crippen LogP contribution in [0.2, 0.25) is 11.1 Å². The third-order valence-electron chi connectivity index (χ3n) is 6.88. The molecule has 2 aromatic carbocycles. The molecule has 0 bridgehead atoms. The van der Waals surface area contributed by atoms with Crippen molar-refractivity contribution in [3.8, 4) is 0 Å². The third kappa shape index (κ3) is 4.04. The van der Waals surface area contributed by atoms with Crippen molar-refractivity contribution in [1.82, 2.24) is 0 Å². The summed E-state index contributed by atoms with van der Waals surface area (Å²) in [5.74, 6) is 0.476. The second-order valence-corrected chi connectivity index (χ2v) is 14.5. The predicted molar refractivity (Wildman–Crippen MR) is 124 cm³/mol. The predicted octanol–water partition coefficient (Wildman–Crippen LogP) is 5.81. The molecule has 0 aliphatic carbocycles. The minimum absolute atomic E-state index is 0.119. The van der Waals surface area contributed by atoms with Crippen LogP contribution in [0.5, 0.6) is 0 Å². The van der Waals surface area contributed by atoms with Crippen LogP contribution in [0.1, 0.15) is 47.5 Å². The molecule has 1 aliphatic heterocycles. The molecule has 150 valence electrons. The van der Waals surface area contributed by atoms with Gasteiger partial charge in [-0.05, 0) is 29.8 Å². The monoisotopic (exact) mass is 392 g/mol. The summed E-state index contributed by atoms with van der Waals surface area (Å²) in [7, 11) is -2.08. The Morgan fingerprint density at radius 1 is 1.04 bits per heavy atom. The number of ether oxygens (including phenoxy) is 1. The fourth-order valence-corrected chi connectivity index (χ4v) is 10.3. The summed E-state index contributed by atoms with van der Waals surface area (Å²) in [4.78, 5) is 0. The lowest BCUT2D eigenvalue weighted by molar-refractivity contribution is 0.261. The van der Waals surface area contributed by atoms with E-state index in [9.17, 15) is 0 Å². The van der Waals surface area contributed by atoms with E-state index in [0.29, 0.717) is 5.92 Å². The zero-order valence-corrected chi connectivity index (χ0v) is 19.3. The number of benzene rings is 2. The van der Waals surface area contributed by atoms with Crippen molar-refractivity contribution in [3.63, 3.8) is 0 Å². The van der Waals surface area contributed by atoms with E-state index >= 15 is 0 Å². The summed E-state index contributed by atoms with van der Waals surface area (Å²) in [6.45, 7) is 17.4. The summed E-state index contributed by atoms with van der Waals surface area (Å²) in [5.41, 5.74) is 1.51. The maximum Gasteiger partial charge on any atom is 0.127 e. The van der Waals surface area contributed by atoms with Gasteiger partial charge in [0.1, 0.15) is 8.07 Å². The lowest BCUT2D eigenvalue weighted by Crippen LogP contribution is -2.64. The molecule has 0 amide bonds. The Kier molecular flexibility index (Phi) is 6.02. The Hall–Kier alpha value is -1.64. The molecule has 1 saturated heterocycles. The van der Waals surface area contributed by atoms with Crippen molar-refractivity contribution in [2.24, 2.45) is 5.92 Å². The lowest BCUT2D eigenvalue weighted by atomic mass is 9.90. The van der Waals surface area contributed by atoms with Crippen molar-refractivity contribution in [2.75, 3.05) is 6.61 Å². The molecule has 1 fully saturated rings. The van der Waals surface area contributed by atoms with E-state index in [2.05, 4.69) is 102 Å². The van der Waals surface area contributed by atoms with Crippen molar-refractivity contribution in [2.45, 2.75) is 64.1 Å². The van der Waals surface area contributed by atoms with Crippen LogP contribution in [0, 0.1) is 5.92 Å². The standard InChI is InChI=1S/C26H36OSi/c1-7-26(20-27-26)18-21(2)22(3)19-28(25(4,5)6,23-14-10-8-11-15-23)24-16-12-9-13-17-24/h8-17,21H,3,7,18-20H2,1-2,4-6H3. The van der Waals surface area contributed by atoms with Gasteiger partial charge >= 0.3 is 0 Å². The molecule has 1 nitrogen and oxygen atoms in total. The van der Waals surface area contributed by atoms with E-state index in [0.717, 1.165) is 25.5 Å². The highest BCUT2D eigenvalue weighted by Gasteiger charge is 2.49. The minimum atomic E-state index is -2.08. The molecule has 1 aliphatic rings. The van der Waals surface area contributed by atoms with Crippen molar-refractivity contribution < 1.29 is 4.74 Å². The Balaban J connectivity index is 2.02. The second kappa shape index (κ2) is 8.00. The second-order valence-electron chi connectivity index (χ2n) is 9.65. The molecule has 0 N–H and O–H groups in total. The molecule has 0 radical (unpaired) electrons. The number of hydrogen-bond donors (Lipinski definition) is 0. The maximum atomic E-state index is 5.80. The van der Waals surface area contributed by atoms with Crippen LogP contribution < -0.4 is 10.4 Å². The van der Waals surface area contributed by atoms with Gasteiger partial charge in [-0.3, -0.25) is 0 Å². The van der Waals surface area contributed by atoms with Gasteiger partial charge in [-0.1, -0.05) is 118 Å². The van der Waals surface area contributed by atoms with Crippen molar-refractivity contribution >= 4 is 18.4 Å². The fourth-order valence-electron chi connectivity index (χ4n) is 4.73. The summed E-state index contributed by atoms with van der Waals surface area (Å²) < 4.78 is 5.80. The molecule has 2 atom stereocenters. The average molecular weight is 393 g/mol. The van der Waals surface area contributed by atoms with Gasteiger partial charge in [0.15, 0.2) is 0 Å². The Bertz CT molecular complexity index is 745. The summed E-state index contributed by atoms with van der Waals surface area (Å²) >= 11 is 0. The summed E-state index contributed by atoms with van der Waals surface area (Å²) in [6, 6.07) is 23.5. The van der Waals surface area contributed by atoms with Crippen LogP contribution in [0.3, 0.4) is 0 Å². The highest BCUT2D eigenvalue weighted by Crippen LogP contribution is 2.44. The van der Waals surface area contributed by atoms with Gasteiger partial charge in [-0.15, -0.1) is 0 Å². The first-order valence-electron chi connectivity index (χ1n) is 10.7. The van der Waals surface area contributed by atoms with E-state index < -0.39 is 8.07 Å². The van der Waals surface area contributed by atoms with Gasteiger partial charge in [0, 0.05) is 0 Å². The quantitative estimate of drug-likeness (QED) is 0.314. The van der Waals surface area contributed by atoms with Crippen LogP contribution >= 0.6 is 0 Å². The average Bonchev–Trinajstić information content (AvgIpc) is 3.46. The first-order chi connectivity index (χ1) is 13.2. The number of epoxide rings is 1. The van der Waals surface area contributed by atoms with Gasteiger partial charge in [-0.2, -0.15) is 0 Å². The normalized spacial score (nSPS) is 20.6. The molecule has 0 aromatic heterocycles. The van der Waals surface area contributed by atoms with Crippen LogP contribution in [0.4, 0.5) is 0 Å². The molecule has 2 unspecified atom stereocenters. The van der Waals surface area contributed by atoms with Gasteiger partial charge in [0.2, 0.25) is 0 Å². The minimum Gasteiger partial charge on any atom is -0.370 e. The van der Waals surface area contributed by atoms with E-state index in [4.69, 9.17) is 4.74 Å². The third-order valence-corrected chi connectivity index (χ3v) is 13.1. The SMILES string of the molecule is C=C(C[Si](c1ccccc1)(c1ccccc1)C(C)(C)C)C(C)CC1(CC)CO1. The smallest absolute Gasteiger partial charge is 0.127 e. The van der Waals surface area contributed by atoms with E-state index in [1.807, 2.05) is 0 Å². The molecule has 1 heterocycles. The molecule has 3 rings (SSSR count). The Morgan fingerprint density at radius 2 is 1.50 bits per heavy atom. The van der Waals surface area contributed by atoms with Gasteiger partial charge in [0.05, 0.1) is 12.2 Å². The van der Waals surface area contributed by atoms with Crippen LogP contribution in [0.25, 0.3) is 0 Å². The molecular formula is C26H36OSi. The van der Waals surface area contributed by atoms with Crippen LogP contribution in [0.15, 0.2) is 72.8 Å². The van der Waals surface area contributed by atoms with Gasteiger partial charge in [-0.25, -0.2) is 0 Å². The van der Waals surface area contributed by atoms with Gasteiger partial charge < -0.3 is 4.74 Å². The lowest BCUT2D eigenvalue weighted by Gasteiger charge is -2.45. The van der Waals surface area contributed by atoms with Crippen LogP contribution in [-0.4, -0.2) is 20.3 Å². The zero-order chi connectivity index (χ0) is 20.4. The first kappa shape index (κ1) is 21.1. The summed E-state index contributed by atoms with van der Waals surface area (Å²) in [6.07, 6.45) is 2.20. The molecule has 0 spiro atoms. The first-order valence-corrected chi connectivity index (χ1v) is 12.9. The van der Waals surface area contributed by atoms with Crippen molar-refractivity contribution in [3.05, 3.63) is 72.8 Å². The molecule has 28 heavy (non-hydrogen) atoms. The topological polar surface area (TPSA) is 12.5 Å². The number of allylic oxidation sites excluding steroid dienone is 1. The Labute approximate surface area is 172 Å². The van der Waals surface area contributed by atoms with Crippen LogP contribution in [-0.2, 0) is 4.74 Å². The number of hydrogen-bond acceptors (Lipinski definition) is 1. The maximum absolute atomic E-state index is 5.80. The van der Waals surface area contributed by atoms with Crippen molar-refractivity contribution in [1.29, 1.82) is 0 Å². The highest BCUT2D eigenvalue weighted by atomic mass is 28.3. The fraction of sp³-hybridized carbons (Fsp3) is 0.462. The highest BCUT2D eigenvalue weighted by molar-refractivity contribution is 7.04. The van der Waals surface area contributed by atoms with E-state index in [1.165, 1.54) is 15.9 Å². The molecular weight excluding hydrogens is 356 g/mol. The largest absolute Gasteiger partial charge is 0.370 e. The molecule has 2 aromatic rings. The van der Waals surface area contributed by atoms with E-state index in [1.54, 1.807) is 0 Å².